The molecule has 0 saturated heterocycles. The van der Waals surface area contributed by atoms with E-state index in [0.29, 0.717) is 18.5 Å². The second-order valence-corrected chi connectivity index (χ2v) is 8.21. The molecule has 1 aliphatic rings. The fourth-order valence-electron chi connectivity index (χ4n) is 3.81. The number of pyridine rings is 1. The standard InChI is InChI=1S/C23H26N4O2/c1-23(2,29)11-7-16-3-5-18(6-4-16)22(28)27-14-10-19-20(26-15-25-19)21(27)17-8-12-24-13-9-17/h3-6,8-9,12-13,15,21,29H,7,10-11,14H2,1-2H3,(H,25,26). The maximum absolute atomic E-state index is 13.4. The molecule has 29 heavy (non-hydrogen) atoms. The number of nitrogens with one attached hydrogen (secondary N) is 1. The summed E-state index contributed by atoms with van der Waals surface area (Å²) in [5.74, 6) is -0.00509. The van der Waals surface area contributed by atoms with Gasteiger partial charge in [-0.1, -0.05) is 12.1 Å². The second kappa shape index (κ2) is 7.79. The maximum atomic E-state index is 13.4. The molecule has 4 rings (SSSR count). The Morgan fingerprint density at radius 1 is 1.21 bits per heavy atom. The van der Waals surface area contributed by atoms with Gasteiger partial charge in [-0.25, -0.2) is 4.98 Å². The zero-order valence-corrected chi connectivity index (χ0v) is 16.8. The average Bonchev–Trinajstić information content (AvgIpc) is 3.20. The molecule has 0 radical (unpaired) electrons. The Morgan fingerprint density at radius 2 is 1.93 bits per heavy atom. The molecule has 6 nitrogen and oxygen atoms in total. The number of rotatable bonds is 5. The van der Waals surface area contributed by atoms with Gasteiger partial charge in [0.15, 0.2) is 0 Å². The van der Waals surface area contributed by atoms with E-state index in [1.165, 1.54) is 0 Å². The van der Waals surface area contributed by atoms with Crippen molar-refractivity contribution in [1.82, 2.24) is 19.9 Å². The lowest BCUT2D eigenvalue weighted by Gasteiger charge is -2.35. The molecule has 0 spiro atoms. The molecular weight excluding hydrogens is 364 g/mol. The minimum atomic E-state index is -0.693. The molecule has 1 aromatic carbocycles. The highest BCUT2D eigenvalue weighted by atomic mass is 16.3. The van der Waals surface area contributed by atoms with Gasteiger partial charge in [-0.05, 0) is 62.1 Å². The largest absolute Gasteiger partial charge is 0.390 e. The molecule has 0 aliphatic carbocycles. The maximum Gasteiger partial charge on any atom is 0.254 e. The highest BCUT2D eigenvalue weighted by molar-refractivity contribution is 5.95. The first-order chi connectivity index (χ1) is 13.9. The first-order valence-corrected chi connectivity index (χ1v) is 9.97. The van der Waals surface area contributed by atoms with Crippen LogP contribution in [0.2, 0.25) is 0 Å². The highest BCUT2D eigenvalue weighted by Crippen LogP contribution is 2.34. The van der Waals surface area contributed by atoms with Crippen molar-refractivity contribution in [3.05, 3.63) is 83.2 Å². The molecule has 0 saturated carbocycles. The predicted octanol–water partition coefficient (Wildman–Crippen LogP) is 3.30. The van der Waals surface area contributed by atoms with Crippen LogP contribution in [0.4, 0.5) is 0 Å². The number of aromatic nitrogens is 3. The highest BCUT2D eigenvalue weighted by Gasteiger charge is 2.34. The lowest BCUT2D eigenvalue weighted by molar-refractivity contribution is 0.0687. The number of H-pyrrole nitrogens is 1. The van der Waals surface area contributed by atoms with Crippen LogP contribution in [-0.2, 0) is 12.8 Å². The molecule has 3 aromatic rings. The fraction of sp³-hybridized carbons (Fsp3) is 0.348. The van der Waals surface area contributed by atoms with Gasteiger partial charge < -0.3 is 15.0 Å². The van der Waals surface area contributed by atoms with E-state index < -0.39 is 5.60 Å². The van der Waals surface area contributed by atoms with Gasteiger partial charge in [0.25, 0.3) is 5.91 Å². The molecule has 0 fully saturated rings. The Labute approximate surface area is 170 Å². The lowest BCUT2D eigenvalue weighted by Crippen LogP contribution is -2.40. The van der Waals surface area contributed by atoms with Crippen molar-refractivity contribution in [3.8, 4) is 0 Å². The summed E-state index contributed by atoms with van der Waals surface area (Å²) in [7, 11) is 0. The number of amides is 1. The Bertz CT molecular complexity index is 974. The van der Waals surface area contributed by atoms with Crippen LogP contribution in [0.25, 0.3) is 0 Å². The molecule has 3 heterocycles. The van der Waals surface area contributed by atoms with Crippen LogP contribution in [0, 0.1) is 0 Å². The van der Waals surface area contributed by atoms with E-state index in [1.54, 1.807) is 18.7 Å². The smallest absolute Gasteiger partial charge is 0.254 e. The number of nitrogens with zero attached hydrogens (tertiary/aromatic N) is 3. The first-order valence-electron chi connectivity index (χ1n) is 9.97. The Balaban J connectivity index is 1.59. The number of carbonyl (C=O) groups excluding carboxylic acids is 1. The Kier molecular flexibility index (Phi) is 5.20. The summed E-state index contributed by atoms with van der Waals surface area (Å²) < 4.78 is 0. The van der Waals surface area contributed by atoms with Gasteiger partial charge in [0.1, 0.15) is 6.04 Å². The molecule has 1 aliphatic heterocycles. The minimum absolute atomic E-state index is 0.00509. The van der Waals surface area contributed by atoms with Crippen molar-refractivity contribution in [1.29, 1.82) is 0 Å². The summed E-state index contributed by atoms with van der Waals surface area (Å²) in [6, 6.07) is 11.4. The van der Waals surface area contributed by atoms with Gasteiger partial charge in [0.2, 0.25) is 0 Å². The van der Waals surface area contributed by atoms with Gasteiger partial charge >= 0.3 is 0 Å². The van der Waals surface area contributed by atoms with E-state index in [4.69, 9.17) is 0 Å². The van der Waals surface area contributed by atoms with Crippen molar-refractivity contribution in [2.45, 2.75) is 44.8 Å². The van der Waals surface area contributed by atoms with Gasteiger partial charge in [0, 0.05) is 36.6 Å². The number of fused-ring (bicyclic) bond motifs is 1. The van der Waals surface area contributed by atoms with E-state index in [-0.39, 0.29) is 11.9 Å². The fourth-order valence-corrected chi connectivity index (χ4v) is 3.81. The Hall–Kier alpha value is -2.99. The van der Waals surface area contributed by atoms with Crippen molar-refractivity contribution in [3.63, 3.8) is 0 Å². The van der Waals surface area contributed by atoms with Crippen LogP contribution in [-0.4, -0.2) is 43.0 Å². The van der Waals surface area contributed by atoms with E-state index in [0.717, 1.165) is 35.4 Å². The molecule has 150 valence electrons. The molecule has 6 heteroatoms. The van der Waals surface area contributed by atoms with E-state index >= 15 is 0 Å². The van der Waals surface area contributed by atoms with Crippen LogP contribution in [0.5, 0.6) is 0 Å². The summed E-state index contributed by atoms with van der Waals surface area (Å²) in [4.78, 5) is 27.1. The van der Waals surface area contributed by atoms with Crippen LogP contribution >= 0.6 is 0 Å². The second-order valence-electron chi connectivity index (χ2n) is 8.21. The zero-order valence-electron chi connectivity index (χ0n) is 16.8. The zero-order chi connectivity index (χ0) is 20.4. The number of hydrogen-bond acceptors (Lipinski definition) is 4. The molecule has 1 unspecified atom stereocenters. The molecular formula is C23H26N4O2. The van der Waals surface area contributed by atoms with Gasteiger partial charge in [-0.3, -0.25) is 9.78 Å². The topological polar surface area (TPSA) is 82.1 Å². The molecule has 0 bridgehead atoms. The molecule has 1 atom stereocenters. The SMILES string of the molecule is CC(C)(O)CCc1ccc(C(=O)N2CCc3[nH]cnc3C2c2ccncc2)cc1. The van der Waals surface area contributed by atoms with Crippen molar-refractivity contribution >= 4 is 5.91 Å². The number of aryl methyl sites for hydroxylation is 1. The third-order valence-electron chi connectivity index (χ3n) is 5.43. The lowest BCUT2D eigenvalue weighted by atomic mass is 9.95. The van der Waals surface area contributed by atoms with Gasteiger partial charge in [-0.2, -0.15) is 0 Å². The van der Waals surface area contributed by atoms with E-state index in [2.05, 4.69) is 15.0 Å². The van der Waals surface area contributed by atoms with Crippen LogP contribution < -0.4 is 0 Å². The van der Waals surface area contributed by atoms with Crippen LogP contribution in [0.1, 0.15) is 59.2 Å². The average molecular weight is 390 g/mol. The summed E-state index contributed by atoms with van der Waals surface area (Å²) in [5.41, 5.74) is 4.07. The quantitative estimate of drug-likeness (QED) is 0.700. The van der Waals surface area contributed by atoms with Crippen molar-refractivity contribution in [2.75, 3.05) is 6.54 Å². The summed E-state index contributed by atoms with van der Waals surface area (Å²) >= 11 is 0. The number of carbonyl (C=O) groups is 1. The number of imidazole rings is 1. The predicted molar refractivity (Wildman–Crippen MR) is 110 cm³/mol. The number of hydrogen-bond donors (Lipinski definition) is 2. The minimum Gasteiger partial charge on any atom is -0.390 e. The van der Waals surface area contributed by atoms with E-state index in [1.807, 2.05) is 55.1 Å². The Morgan fingerprint density at radius 3 is 2.62 bits per heavy atom. The van der Waals surface area contributed by atoms with Gasteiger partial charge in [-0.15, -0.1) is 0 Å². The van der Waals surface area contributed by atoms with Crippen molar-refractivity contribution < 1.29 is 9.90 Å². The number of benzene rings is 1. The molecule has 2 N–H and O–H groups in total. The van der Waals surface area contributed by atoms with Crippen LogP contribution in [0.3, 0.4) is 0 Å². The molecule has 2 aromatic heterocycles. The first kappa shape index (κ1) is 19.3. The summed E-state index contributed by atoms with van der Waals surface area (Å²) in [6.07, 6.45) is 7.40. The number of aromatic amines is 1. The number of aliphatic hydroxyl groups is 1. The summed E-state index contributed by atoms with van der Waals surface area (Å²) in [6.45, 7) is 4.25. The normalized spacial score (nSPS) is 16.5. The monoisotopic (exact) mass is 390 g/mol. The third kappa shape index (κ3) is 4.22. The van der Waals surface area contributed by atoms with Crippen LogP contribution in [0.15, 0.2) is 55.1 Å². The summed E-state index contributed by atoms with van der Waals surface area (Å²) in [5, 5.41) is 9.92. The van der Waals surface area contributed by atoms with E-state index in [9.17, 15) is 9.90 Å². The molecule has 1 amide bonds. The van der Waals surface area contributed by atoms with Crippen molar-refractivity contribution in [2.24, 2.45) is 0 Å². The third-order valence-corrected chi connectivity index (χ3v) is 5.43. The van der Waals surface area contributed by atoms with Gasteiger partial charge in [0.05, 0.1) is 17.6 Å².